The van der Waals surface area contributed by atoms with Gasteiger partial charge in [0.15, 0.2) is 12.4 Å². The number of benzene rings is 1. The van der Waals surface area contributed by atoms with Crippen molar-refractivity contribution in [3.63, 3.8) is 0 Å². The normalized spacial score (nSPS) is 11.4. The van der Waals surface area contributed by atoms with E-state index in [0.29, 0.717) is 0 Å². The predicted octanol–water partition coefficient (Wildman–Crippen LogP) is 3.55. The smallest absolute Gasteiger partial charge is 0.266 e. The molecule has 0 aliphatic heterocycles. The van der Waals surface area contributed by atoms with Gasteiger partial charge in [0.1, 0.15) is 0 Å². The molecule has 0 unspecified atom stereocenters. The molecule has 3 rings (SSSR count). The van der Waals surface area contributed by atoms with Gasteiger partial charge in [-0.1, -0.05) is 36.4 Å². The first-order chi connectivity index (χ1) is 12.1. The third kappa shape index (κ3) is 4.39. The molecule has 0 bridgehead atoms. The van der Waals surface area contributed by atoms with Gasteiger partial charge in [0.2, 0.25) is 6.54 Å². The highest BCUT2D eigenvalue weighted by Crippen LogP contribution is 2.31. The first-order valence-electron chi connectivity index (χ1n) is 8.07. The maximum atomic E-state index is 12.0. The van der Waals surface area contributed by atoms with Gasteiger partial charge >= 0.3 is 5.91 Å². The van der Waals surface area contributed by atoms with E-state index in [2.05, 4.69) is 35.7 Å². The Balaban J connectivity index is 1.69. The molecular formula is C20H20N3OS+. The van der Waals surface area contributed by atoms with Crippen LogP contribution in [0.1, 0.15) is 16.7 Å². The fourth-order valence-electron chi connectivity index (χ4n) is 2.51. The van der Waals surface area contributed by atoms with Crippen LogP contribution in [0.2, 0.25) is 0 Å². The van der Waals surface area contributed by atoms with Crippen molar-refractivity contribution in [2.24, 2.45) is 5.10 Å². The summed E-state index contributed by atoms with van der Waals surface area (Å²) in [6.07, 6.45) is 3.70. The molecule has 0 fully saturated rings. The van der Waals surface area contributed by atoms with Gasteiger partial charge in [0.05, 0.1) is 10.6 Å². The largest absolute Gasteiger partial charge is 0.305 e. The highest BCUT2D eigenvalue weighted by molar-refractivity contribution is 7.14. The summed E-state index contributed by atoms with van der Waals surface area (Å²) in [5, 5.41) is 4.25. The number of hydrogen-bond donors (Lipinski definition) is 1. The quantitative estimate of drug-likeness (QED) is 0.427. The zero-order valence-corrected chi connectivity index (χ0v) is 15.1. The number of carbonyl (C=O) groups is 1. The summed E-state index contributed by atoms with van der Waals surface area (Å²) < 4.78 is 1.81. The van der Waals surface area contributed by atoms with Gasteiger partial charge < -0.3 is 0 Å². The SMILES string of the molecule is CC(=NNC(=O)C[n+]1ccccc1)c1cc(-c2ccccc2)c(C)s1. The predicted molar refractivity (Wildman–Crippen MR) is 101 cm³/mol. The third-order valence-corrected chi connectivity index (χ3v) is 4.97. The summed E-state index contributed by atoms with van der Waals surface area (Å²) in [6.45, 7) is 4.26. The molecule has 5 heteroatoms. The van der Waals surface area contributed by atoms with E-state index in [0.717, 1.165) is 10.6 Å². The summed E-state index contributed by atoms with van der Waals surface area (Å²) in [6, 6.07) is 18.1. The first kappa shape index (κ1) is 17.0. The van der Waals surface area contributed by atoms with Crippen LogP contribution < -0.4 is 9.99 Å². The van der Waals surface area contributed by atoms with Crippen molar-refractivity contribution in [1.82, 2.24) is 5.43 Å². The van der Waals surface area contributed by atoms with E-state index in [1.165, 1.54) is 16.0 Å². The Morgan fingerprint density at radius 3 is 2.52 bits per heavy atom. The molecule has 0 aliphatic rings. The van der Waals surface area contributed by atoms with Crippen molar-refractivity contribution in [1.29, 1.82) is 0 Å². The van der Waals surface area contributed by atoms with Crippen molar-refractivity contribution < 1.29 is 9.36 Å². The highest BCUT2D eigenvalue weighted by atomic mass is 32.1. The van der Waals surface area contributed by atoms with E-state index in [1.807, 2.05) is 60.3 Å². The van der Waals surface area contributed by atoms with Crippen molar-refractivity contribution in [3.8, 4) is 11.1 Å². The zero-order valence-electron chi connectivity index (χ0n) is 14.3. The number of amides is 1. The number of nitrogens with one attached hydrogen (secondary N) is 1. The van der Waals surface area contributed by atoms with Gasteiger partial charge in [-0.25, -0.2) is 5.43 Å². The van der Waals surface area contributed by atoms with Gasteiger partial charge in [-0.3, -0.25) is 4.79 Å². The molecule has 1 N–H and O–H groups in total. The van der Waals surface area contributed by atoms with E-state index < -0.39 is 0 Å². The van der Waals surface area contributed by atoms with Crippen molar-refractivity contribution in [2.45, 2.75) is 20.4 Å². The van der Waals surface area contributed by atoms with Crippen molar-refractivity contribution in [3.05, 3.63) is 76.7 Å². The molecular weight excluding hydrogens is 330 g/mol. The van der Waals surface area contributed by atoms with Crippen LogP contribution in [0.3, 0.4) is 0 Å². The molecule has 2 aromatic heterocycles. The first-order valence-corrected chi connectivity index (χ1v) is 8.88. The van der Waals surface area contributed by atoms with Gasteiger partial charge in [0.25, 0.3) is 0 Å². The minimum absolute atomic E-state index is 0.146. The van der Waals surface area contributed by atoms with Crippen LogP contribution in [-0.2, 0) is 11.3 Å². The number of carbonyl (C=O) groups excluding carboxylic acids is 1. The second-order valence-corrected chi connectivity index (χ2v) is 6.98. The number of aryl methyl sites for hydroxylation is 1. The maximum absolute atomic E-state index is 12.0. The van der Waals surface area contributed by atoms with E-state index in [1.54, 1.807) is 11.3 Å². The second kappa shape index (κ2) is 7.85. The number of aromatic nitrogens is 1. The fourth-order valence-corrected chi connectivity index (χ4v) is 3.49. The molecule has 0 spiro atoms. The lowest BCUT2D eigenvalue weighted by molar-refractivity contribution is -0.684. The monoisotopic (exact) mass is 350 g/mol. The lowest BCUT2D eigenvalue weighted by Gasteiger charge is -1.99. The molecule has 0 saturated heterocycles. The minimum Gasteiger partial charge on any atom is -0.266 e. The second-order valence-electron chi connectivity index (χ2n) is 5.73. The molecule has 2 heterocycles. The highest BCUT2D eigenvalue weighted by Gasteiger charge is 2.11. The molecule has 25 heavy (non-hydrogen) atoms. The summed E-state index contributed by atoms with van der Waals surface area (Å²) in [4.78, 5) is 14.3. The van der Waals surface area contributed by atoms with Crippen molar-refractivity contribution >= 4 is 23.0 Å². The average molecular weight is 350 g/mol. The number of hydrogen-bond acceptors (Lipinski definition) is 3. The number of rotatable bonds is 5. The minimum atomic E-state index is -0.146. The average Bonchev–Trinajstić information content (AvgIpc) is 3.03. The Labute approximate surface area is 151 Å². The maximum Gasteiger partial charge on any atom is 0.305 e. The van der Waals surface area contributed by atoms with Crippen LogP contribution in [0.5, 0.6) is 0 Å². The van der Waals surface area contributed by atoms with Crippen LogP contribution in [0.15, 0.2) is 72.1 Å². The topological polar surface area (TPSA) is 45.3 Å². The van der Waals surface area contributed by atoms with Gasteiger partial charge in [-0.15, -0.1) is 11.3 Å². The number of nitrogens with zero attached hydrogens (tertiary/aromatic N) is 2. The number of hydrazone groups is 1. The molecule has 3 aromatic rings. The molecule has 126 valence electrons. The third-order valence-electron chi connectivity index (χ3n) is 3.81. The summed E-state index contributed by atoms with van der Waals surface area (Å²) in [5.41, 5.74) is 5.84. The number of thiophene rings is 1. The zero-order chi connectivity index (χ0) is 17.6. The molecule has 0 radical (unpaired) electrons. The van der Waals surface area contributed by atoms with Gasteiger partial charge in [-0.05, 0) is 31.0 Å². The Bertz CT molecular complexity index is 886. The van der Waals surface area contributed by atoms with Crippen LogP contribution in [0, 0.1) is 6.92 Å². The Hall–Kier alpha value is -2.79. The van der Waals surface area contributed by atoms with E-state index in [9.17, 15) is 4.79 Å². The standard InChI is InChI=1S/C20H19N3OS/c1-15(21-22-20(24)14-23-11-7-4-8-12-23)19-13-18(16(2)25-19)17-9-5-3-6-10-17/h3-13H,14H2,1-2H3/p+1. The fraction of sp³-hybridized carbons (Fsp3) is 0.150. The Morgan fingerprint density at radius 2 is 1.80 bits per heavy atom. The van der Waals surface area contributed by atoms with E-state index in [4.69, 9.17) is 0 Å². The van der Waals surface area contributed by atoms with Gasteiger partial charge in [0, 0.05) is 17.0 Å². The molecule has 0 atom stereocenters. The molecule has 0 aliphatic carbocycles. The van der Waals surface area contributed by atoms with E-state index in [-0.39, 0.29) is 12.5 Å². The number of pyridine rings is 1. The van der Waals surface area contributed by atoms with Crippen LogP contribution in [0.4, 0.5) is 0 Å². The molecule has 1 aromatic carbocycles. The molecule has 0 saturated carbocycles. The molecule has 1 amide bonds. The van der Waals surface area contributed by atoms with Crippen LogP contribution in [0.25, 0.3) is 11.1 Å². The summed E-state index contributed by atoms with van der Waals surface area (Å²) in [7, 11) is 0. The lowest BCUT2D eigenvalue weighted by Crippen LogP contribution is -2.41. The van der Waals surface area contributed by atoms with Gasteiger partial charge in [-0.2, -0.15) is 9.67 Å². The Kier molecular flexibility index (Phi) is 5.36. The summed E-state index contributed by atoms with van der Waals surface area (Å²) >= 11 is 1.69. The lowest BCUT2D eigenvalue weighted by atomic mass is 10.1. The van der Waals surface area contributed by atoms with Crippen LogP contribution >= 0.6 is 11.3 Å². The van der Waals surface area contributed by atoms with Crippen LogP contribution in [-0.4, -0.2) is 11.6 Å². The van der Waals surface area contributed by atoms with E-state index >= 15 is 0 Å². The van der Waals surface area contributed by atoms with Crippen molar-refractivity contribution in [2.75, 3.05) is 0 Å². The summed E-state index contributed by atoms with van der Waals surface area (Å²) in [5.74, 6) is -0.146. The Morgan fingerprint density at radius 1 is 1.12 bits per heavy atom. The molecule has 4 nitrogen and oxygen atoms in total.